The molecule has 3 heterocycles. The average Bonchev–Trinajstić information content (AvgIpc) is 3.10. The second-order valence-electron chi connectivity index (χ2n) is 9.41. The van der Waals surface area contributed by atoms with E-state index in [0.717, 1.165) is 79.8 Å². The third-order valence-electron chi connectivity index (χ3n) is 6.27. The van der Waals surface area contributed by atoms with Crippen molar-refractivity contribution in [1.29, 1.82) is 0 Å². The Morgan fingerprint density at radius 1 is 0.939 bits per heavy atom. The van der Waals surface area contributed by atoms with Crippen molar-refractivity contribution in [3.63, 3.8) is 0 Å². The van der Waals surface area contributed by atoms with Crippen molar-refractivity contribution < 1.29 is 18.9 Å². The van der Waals surface area contributed by atoms with Gasteiger partial charge < -0.3 is 23.8 Å². The first-order valence-electron chi connectivity index (χ1n) is 11.6. The summed E-state index contributed by atoms with van der Waals surface area (Å²) in [6, 6.07) is 7.65. The number of hydrogen-bond donors (Lipinski definition) is 0. The molecule has 3 aliphatic rings. The lowest BCUT2D eigenvalue weighted by molar-refractivity contribution is 0.131. The molecule has 6 nitrogen and oxygen atoms in total. The fourth-order valence-corrected chi connectivity index (χ4v) is 5.20. The van der Waals surface area contributed by atoms with Crippen LogP contribution in [0.5, 0.6) is 23.0 Å². The number of halogens is 2. The van der Waals surface area contributed by atoms with Crippen LogP contribution in [0.4, 0.5) is 5.69 Å². The van der Waals surface area contributed by atoms with Crippen molar-refractivity contribution in [2.45, 2.75) is 32.3 Å². The van der Waals surface area contributed by atoms with Crippen LogP contribution in [0.3, 0.4) is 0 Å². The lowest BCUT2D eigenvalue weighted by Crippen LogP contribution is -2.47. The molecule has 0 saturated carbocycles. The van der Waals surface area contributed by atoms with Gasteiger partial charge in [0, 0.05) is 66.9 Å². The van der Waals surface area contributed by atoms with Crippen molar-refractivity contribution in [2.75, 3.05) is 57.4 Å². The first-order chi connectivity index (χ1) is 15.9. The zero-order chi connectivity index (χ0) is 23.0. The highest BCUT2D eigenvalue weighted by atomic mass is 35.5. The Morgan fingerprint density at radius 3 is 2.52 bits per heavy atom. The quantitative estimate of drug-likeness (QED) is 0.524. The molecule has 1 fully saturated rings. The molecule has 33 heavy (non-hydrogen) atoms. The molecule has 0 N–H and O–H groups in total. The van der Waals surface area contributed by atoms with Crippen LogP contribution in [0.25, 0.3) is 0 Å². The molecule has 0 unspecified atom stereocenters. The summed E-state index contributed by atoms with van der Waals surface area (Å²) < 4.78 is 23.8. The predicted molar refractivity (Wildman–Crippen MR) is 131 cm³/mol. The molecule has 178 valence electrons. The van der Waals surface area contributed by atoms with Crippen molar-refractivity contribution in [3.05, 3.63) is 39.9 Å². The number of fused-ring (bicyclic) bond motifs is 2. The van der Waals surface area contributed by atoms with E-state index in [-0.39, 0.29) is 5.60 Å². The van der Waals surface area contributed by atoms with E-state index in [9.17, 15) is 0 Å². The largest absolute Gasteiger partial charge is 0.490 e. The molecule has 0 atom stereocenters. The molecule has 0 radical (unpaired) electrons. The van der Waals surface area contributed by atoms with Crippen LogP contribution in [-0.2, 0) is 6.42 Å². The van der Waals surface area contributed by atoms with E-state index in [1.807, 2.05) is 24.3 Å². The Balaban J connectivity index is 1.12. The summed E-state index contributed by atoms with van der Waals surface area (Å²) in [5, 5.41) is 1.37. The Labute approximate surface area is 205 Å². The van der Waals surface area contributed by atoms with Crippen molar-refractivity contribution >= 4 is 28.9 Å². The van der Waals surface area contributed by atoms with E-state index in [1.165, 1.54) is 0 Å². The monoisotopic (exact) mass is 492 g/mol. The molecule has 0 aromatic heterocycles. The van der Waals surface area contributed by atoms with Gasteiger partial charge in [-0.3, -0.25) is 4.90 Å². The highest BCUT2D eigenvalue weighted by molar-refractivity contribution is 6.31. The second-order valence-corrected chi connectivity index (χ2v) is 10.3. The van der Waals surface area contributed by atoms with Gasteiger partial charge in [-0.2, -0.15) is 0 Å². The normalized spacial score (nSPS) is 19.2. The lowest BCUT2D eigenvalue weighted by atomic mass is 10.0. The van der Waals surface area contributed by atoms with E-state index in [2.05, 4.69) is 23.6 Å². The minimum Gasteiger partial charge on any atom is -0.490 e. The van der Waals surface area contributed by atoms with Gasteiger partial charge in [0.05, 0.1) is 12.3 Å². The fourth-order valence-electron chi connectivity index (χ4n) is 4.77. The highest BCUT2D eigenvalue weighted by Gasteiger charge is 2.33. The zero-order valence-corrected chi connectivity index (χ0v) is 20.7. The van der Waals surface area contributed by atoms with Gasteiger partial charge in [0.2, 0.25) is 0 Å². The number of nitrogens with zero attached hydrogens (tertiary/aromatic N) is 2. The number of benzene rings is 2. The van der Waals surface area contributed by atoms with Gasteiger partial charge in [-0.05, 0) is 32.4 Å². The summed E-state index contributed by atoms with van der Waals surface area (Å²) in [5.41, 5.74) is 1.93. The van der Waals surface area contributed by atoms with Crippen LogP contribution < -0.4 is 23.8 Å². The van der Waals surface area contributed by atoms with Crippen LogP contribution in [0, 0.1) is 0 Å². The topological polar surface area (TPSA) is 43.4 Å². The lowest BCUT2D eigenvalue weighted by Gasteiger charge is -2.37. The van der Waals surface area contributed by atoms with Gasteiger partial charge in [-0.1, -0.05) is 23.2 Å². The smallest absolute Gasteiger partial charge is 0.184 e. The molecule has 3 aliphatic heterocycles. The summed E-state index contributed by atoms with van der Waals surface area (Å²) in [7, 11) is 0. The zero-order valence-electron chi connectivity index (χ0n) is 19.2. The molecule has 0 spiro atoms. The SMILES string of the molecule is CC1(C)Cc2cc(Cl)cc(OCCCN3CCN(c4cc(Cl)cc5c4OCCO5)CC3)c2O1. The second kappa shape index (κ2) is 9.32. The standard InChI is InChI=1S/C25H30Cl2N2O4/c1-25(2)16-17-12-18(26)14-21(23(17)33-25)30-9-3-4-28-5-7-29(8-6-28)20-13-19(27)15-22-24(20)32-11-10-31-22/h12-15H,3-11,16H2,1-2H3. The first-order valence-corrected chi connectivity index (χ1v) is 12.3. The van der Waals surface area contributed by atoms with Gasteiger partial charge in [0.1, 0.15) is 18.8 Å². The van der Waals surface area contributed by atoms with Gasteiger partial charge >= 0.3 is 0 Å². The van der Waals surface area contributed by atoms with Crippen molar-refractivity contribution in [2.24, 2.45) is 0 Å². The van der Waals surface area contributed by atoms with Gasteiger partial charge in [-0.25, -0.2) is 0 Å². The van der Waals surface area contributed by atoms with Crippen LogP contribution in [0.1, 0.15) is 25.8 Å². The van der Waals surface area contributed by atoms with E-state index < -0.39 is 0 Å². The molecule has 2 aromatic carbocycles. The summed E-state index contributed by atoms with van der Waals surface area (Å²) in [6.45, 7) is 10.7. The highest BCUT2D eigenvalue weighted by Crippen LogP contribution is 2.44. The van der Waals surface area contributed by atoms with E-state index in [4.69, 9.17) is 42.1 Å². The van der Waals surface area contributed by atoms with E-state index in [0.29, 0.717) is 29.9 Å². The fraction of sp³-hybridized carbons (Fsp3) is 0.520. The molecular formula is C25H30Cl2N2O4. The first kappa shape index (κ1) is 22.8. The maximum atomic E-state index is 6.32. The summed E-state index contributed by atoms with van der Waals surface area (Å²) in [4.78, 5) is 4.80. The molecule has 1 saturated heterocycles. The van der Waals surface area contributed by atoms with Gasteiger partial charge in [0.15, 0.2) is 23.0 Å². The van der Waals surface area contributed by atoms with Crippen LogP contribution in [-0.4, -0.2) is 63.0 Å². The molecule has 0 aliphatic carbocycles. The Hall–Kier alpha value is -2.02. The molecule has 0 bridgehead atoms. The number of anilines is 1. The number of rotatable bonds is 6. The van der Waals surface area contributed by atoms with E-state index >= 15 is 0 Å². The Morgan fingerprint density at radius 2 is 1.70 bits per heavy atom. The van der Waals surface area contributed by atoms with Crippen LogP contribution in [0.15, 0.2) is 24.3 Å². The minimum atomic E-state index is -0.218. The third kappa shape index (κ3) is 5.08. The number of piperazine rings is 1. The Bertz CT molecular complexity index is 1020. The predicted octanol–water partition coefficient (Wildman–Crippen LogP) is 5.07. The van der Waals surface area contributed by atoms with Gasteiger partial charge in [0.25, 0.3) is 0 Å². The number of hydrogen-bond acceptors (Lipinski definition) is 6. The van der Waals surface area contributed by atoms with Crippen LogP contribution in [0.2, 0.25) is 10.0 Å². The average molecular weight is 493 g/mol. The molecule has 0 amide bonds. The minimum absolute atomic E-state index is 0.218. The number of ether oxygens (including phenoxy) is 4. The Kier molecular flexibility index (Phi) is 6.43. The van der Waals surface area contributed by atoms with Gasteiger partial charge in [-0.15, -0.1) is 0 Å². The maximum absolute atomic E-state index is 6.32. The van der Waals surface area contributed by atoms with E-state index in [1.54, 1.807) is 0 Å². The summed E-state index contributed by atoms with van der Waals surface area (Å²) in [5.74, 6) is 3.14. The van der Waals surface area contributed by atoms with Crippen molar-refractivity contribution in [1.82, 2.24) is 4.90 Å². The van der Waals surface area contributed by atoms with Crippen molar-refractivity contribution in [3.8, 4) is 23.0 Å². The molecular weight excluding hydrogens is 463 g/mol. The van der Waals surface area contributed by atoms with Crippen LogP contribution >= 0.6 is 23.2 Å². The summed E-state index contributed by atoms with van der Waals surface area (Å²) >= 11 is 12.6. The third-order valence-corrected chi connectivity index (χ3v) is 6.70. The molecule has 2 aromatic rings. The summed E-state index contributed by atoms with van der Waals surface area (Å²) in [6.07, 6.45) is 1.78. The molecule has 5 rings (SSSR count). The molecule has 8 heteroatoms. The maximum Gasteiger partial charge on any atom is 0.184 e.